The minimum atomic E-state index is -0.621. The molecule has 0 aliphatic heterocycles. The third-order valence-corrected chi connectivity index (χ3v) is 3.61. The fourth-order valence-corrected chi connectivity index (χ4v) is 2.17. The van der Waals surface area contributed by atoms with Gasteiger partial charge in [-0.3, -0.25) is 0 Å². The molecule has 0 saturated heterocycles. The fraction of sp³-hybridized carbons (Fsp3) is 0.250. The first kappa shape index (κ1) is 14.3. The van der Waals surface area contributed by atoms with Crippen molar-refractivity contribution in [1.29, 1.82) is 0 Å². The zero-order valence-corrected chi connectivity index (χ0v) is 12.0. The lowest BCUT2D eigenvalue weighted by Gasteiger charge is -2.13. The van der Waals surface area contributed by atoms with E-state index in [0.717, 1.165) is 12.8 Å². The summed E-state index contributed by atoms with van der Waals surface area (Å²) in [5.41, 5.74) is 0.654. The van der Waals surface area contributed by atoms with Crippen molar-refractivity contribution in [3.8, 4) is 11.5 Å². The van der Waals surface area contributed by atoms with Gasteiger partial charge in [0.15, 0.2) is 11.6 Å². The van der Waals surface area contributed by atoms with Crippen LogP contribution < -0.4 is 10.1 Å². The maximum Gasteiger partial charge on any atom is 0.184 e. The van der Waals surface area contributed by atoms with Gasteiger partial charge in [0.05, 0.1) is 5.02 Å². The Kier molecular flexibility index (Phi) is 4.08. The molecule has 2 nitrogen and oxygen atoms in total. The zero-order chi connectivity index (χ0) is 14.8. The van der Waals surface area contributed by atoms with Crippen molar-refractivity contribution in [3.05, 3.63) is 58.6 Å². The smallest absolute Gasteiger partial charge is 0.184 e. The highest BCUT2D eigenvalue weighted by Crippen LogP contribution is 2.31. The molecule has 2 aromatic rings. The highest BCUT2D eigenvalue weighted by atomic mass is 35.5. The van der Waals surface area contributed by atoms with Gasteiger partial charge in [-0.2, -0.15) is 0 Å². The Morgan fingerprint density at radius 2 is 1.95 bits per heavy atom. The highest BCUT2D eigenvalue weighted by Gasteiger charge is 2.21. The van der Waals surface area contributed by atoms with Crippen molar-refractivity contribution in [2.45, 2.75) is 25.4 Å². The van der Waals surface area contributed by atoms with Crippen molar-refractivity contribution < 1.29 is 13.5 Å². The van der Waals surface area contributed by atoms with Crippen LogP contribution in [0.25, 0.3) is 0 Å². The van der Waals surface area contributed by atoms with Gasteiger partial charge in [-0.15, -0.1) is 0 Å². The van der Waals surface area contributed by atoms with Crippen LogP contribution in [0.5, 0.6) is 11.5 Å². The average molecular weight is 310 g/mol. The van der Waals surface area contributed by atoms with Crippen LogP contribution in [0.15, 0.2) is 36.4 Å². The van der Waals surface area contributed by atoms with Gasteiger partial charge in [-0.1, -0.05) is 17.7 Å². The standard InChI is InChI=1S/C16H14ClF2NO/c17-13-2-1-3-15(16(13)19)21-14-7-4-11(18)8-10(14)9-20-12-5-6-12/h1-4,7-8,12,20H,5-6,9H2. The Morgan fingerprint density at radius 1 is 1.14 bits per heavy atom. The first-order valence-corrected chi connectivity index (χ1v) is 7.15. The average Bonchev–Trinajstić information content (AvgIpc) is 3.28. The summed E-state index contributed by atoms with van der Waals surface area (Å²) in [5, 5.41) is 3.28. The molecule has 1 saturated carbocycles. The highest BCUT2D eigenvalue weighted by molar-refractivity contribution is 6.30. The van der Waals surface area contributed by atoms with Crippen LogP contribution in [0.1, 0.15) is 18.4 Å². The van der Waals surface area contributed by atoms with E-state index in [1.807, 2.05) is 0 Å². The largest absolute Gasteiger partial charge is 0.454 e. The van der Waals surface area contributed by atoms with E-state index >= 15 is 0 Å². The van der Waals surface area contributed by atoms with Crippen LogP contribution in [0, 0.1) is 11.6 Å². The Bertz CT molecular complexity index is 659. The molecular weight excluding hydrogens is 296 g/mol. The van der Waals surface area contributed by atoms with Gasteiger partial charge in [0, 0.05) is 18.2 Å². The van der Waals surface area contributed by atoms with Crippen LogP contribution in [-0.2, 0) is 6.54 Å². The van der Waals surface area contributed by atoms with Crippen LogP contribution >= 0.6 is 11.6 Å². The molecule has 0 radical (unpaired) electrons. The summed E-state index contributed by atoms with van der Waals surface area (Å²) >= 11 is 5.73. The quantitative estimate of drug-likeness (QED) is 0.867. The molecule has 0 heterocycles. The molecular formula is C16H14ClF2NO. The maximum absolute atomic E-state index is 13.9. The topological polar surface area (TPSA) is 21.3 Å². The normalized spacial score (nSPS) is 14.2. The molecule has 3 rings (SSSR count). The number of rotatable bonds is 5. The lowest BCUT2D eigenvalue weighted by molar-refractivity contribution is 0.434. The second-order valence-electron chi connectivity index (χ2n) is 5.06. The maximum atomic E-state index is 13.9. The molecule has 5 heteroatoms. The molecule has 0 bridgehead atoms. The molecule has 2 aromatic carbocycles. The van der Waals surface area contributed by atoms with Crippen LogP contribution in [0.4, 0.5) is 8.78 Å². The van der Waals surface area contributed by atoms with E-state index in [2.05, 4.69) is 5.32 Å². The minimum Gasteiger partial charge on any atom is -0.454 e. The van der Waals surface area contributed by atoms with Gasteiger partial charge in [0.2, 0.25) is 0 Å². The fourth-order valence-electron chi connectivity index (χ4n) is 2.01. The van der Waals surface area contributed by atoms with Crippen molar-refractivity contribution in [3.63, 3.8) is 0 Å². The van der Waals surface area contributed by atoms with Gasteiger partial charge in [-0.05, 0) is 43.2 Å². The molecule has 0 atom stereocenters. The summed E-state index contributed by atoms with van der Waals surface area (Å²) in [6.45, 7) is 0.486. The third kappa shape index (κ3) is 3.52. The molecule has 0 unspecified atom stereocenters. The van der Waals surface area contributed by atoms with Gasteiger partial charge < -0.3 is 10.1 Å². The second-order valence-corrected chi connectivity index (χ2v) is 5.47. The van der Waals surface area contributed by atoms with E-state index in [-0.39, 0.29) is 16.6 Å². The summed E-state index contributed by atoms with van der Waals surface area (Å²) in [4.78, 5) is 0. The summed E-state index contributed by atoms with van der Waals surface area (Å²) in [7, 11) is 0. The molecule has 110 valence electrons. The van der Waals surface area contributed by atoms with Crippen molar-refractivity contribution in [2.24, 2.45) is 0 Å². The van der Waals surface area contributed by atoms with Crippen molar-refractivity contribution in [1.82, 2.24) is 5.32 Å². The summed E-state index contributed by atoms with van der Waals surface area (Å²) in [6, 6.07) is 9.22. The Balaban J connectivity index is 1.84. The van der Waals surface area contributed by atoms with Gasteiger partial charge in [0.25, 0.3) is 0 Å². The van der Waals surface area contributed by atoms with E-state index in [4.69, 9.17) is 16.3 Å². The Labute approximate surface area is 126 Å². The molecule has 1 fully saturated rings. The lowest BCUT2D eigenvalue weighted by Crippen LogP contribution is -2.16. The SMILES string of the molecule is Fc1ccc(Oc2cccc(Cl)c2F)c(CNC2CC2)c1. The lowest BCUT2D eigenvalue weighted by atomic mass is 10.2. The van der Waals surface area contributed by atoms with E-state index in [0.29, 0.717) is 23.9 Å². The predicted octanol–water partition coefficient (Wildman–Crippen LogP) is 4.66. The number of hydrogen-bond donors (Lipinski definition) is 1. The number of benzene rings is 2. The molecule has 0 aromatic heterocycles. The Morgan fingerprint density at radius 3 is 2.71 bits per heavy atom. The second kappa shape index (κ2) is 6.00. The zero-order valence-electron chi connectivity index (χ0n) is 11.2. The minimum absolute atomic E-state index is 0.00716. The summed E-state index contributed by atoms with van der Waals surface area (Å²) < 4.78 is 32.8. The van der Waals surface area contributed by atoms with E-state index in [1.54, 1.807) is 6.07 Å². The number of ether oxygens (including phenoxy) is 1. The van der Waals surface area contributed by atoms with Crippen LogP contribution in [0.2, 0.25) is 5.02 Å². The molecule has 21 heavy (non-hydrogen) atoms. The van der Waals surface area contributed by atoms with E-state index < -0.39 is 5.82 Å². The Hall–Kier alpha value is -1.65. The predicted molar refractivity (Wildman–Crippen MR) is 77.7 cm³/mol. The molecule has 1 aliphatic carbocycles. The number of nitrogens with one attached hydrogen (secondary N) is 1. The van der Waals surface area contributed by atoms with Gasteiger partial charge in [-0.25, -0.2) is 8.78 Å². The summed E-state index contributed by atoms with van der Waals surface area (Å²) in [6.07, 6.45) is 2.27. The monoisotopic (exact) mass is 309 g/mol. The van der Waals surface area contributed by atoms with Gasteiger partial charge in [0.1, 0.15) is 11.6 Å². The first-order chi connectivity index (χ1) is 10.1. The molecule has 1 aliphatic rings. The molecule has 0 spiro atoms. The van der Waals surface area contributed by atoms with Crippen molar-refractivity contribution in [2.75, 3.05) is 0 Å². The number of hydrogen-bond acceptors (Lipinski definition) is 2. The van der Waals surface area contributed by atoms with Gasteiger partial charge >= 0.3 is 0 Å². The summed E-state index contributed by atoms with van der Waals surface area (Å²) in [5.74, 6) is -0.515. The molecule has 0 amide bonds. The van der Waals surface area contributed by atoms with Crippen molar-refractivity contribution >= 4 is 11.6 Å². The molecule has 1 N–H and O–H groups in total. The first-order valence-electron chi connectivity index (χ1n) is 6.77. The van der Waals surface area contributed by atoms with E-state index in [1.165, 1.54) is 30.3 Å². The number of halogens is 3. The van der Waals surface area contributed by atoms with E-state index in [9.17, 15) is 8.78 Å². The van der Waals surface area contributed by atoms with Crippen LogP contribution in [-0.4, -0.2) is 6.04 Å². The van der Waals surface area contributed by atoms with Crippen LogP contribution in [0.3, 0.4) is 0 Å². The third-order valence-electron chi connectivity index (χ3n) is 3.32.